The minimum absolute atomic E-state index is 0.416. The van der Waals surface area contributed by atoms with E-state index in [-0.39, 0.29) is 0 Å². The highest BCUT2D eigenvalue weighted by atomic mass is 16.5. The summed E-state index contributed by atoms with van der Waals surface area (Å²) >= 11 is 0. The molecule has 0 saturated carbocycles. The third-order valence-corrected chi connectivity index (χ3v) is 17.3. The first kappa shape index (κ1) is 57.0. The molecule has 0 radical (unpaired) electrons. The molecule has 1 spiro atoms. The van der Waals surface area contributed by atoms with Gasteiger partial charge < -0.3 is 18.3 Å². The number of benzene rings is 6. The van der Waals surface area contributed by atoms with E-state index in [4.69, 9.17) is 28.3 Å². The van der Waals surface area contributed by atoms with E-state index in [9.17, 15) is 0 Å². The lowest BCUT2D eigenvalue weighted by molar-refractivity contribution is 0.304. The average molecular weight is 1130 g/mol. The fourth-order valence-electron chi connectivity index (χ4n) is 12.7. The minimum Gasteiger partial charge on any atom is -0.494 e. The molecule has 0 unspecified atom stereocenters. The Labute approximate surface area is 501 Å². The first-order valence-electron chi connectivity index (χ1n) is 31.6. The highest BCUT2D eigenvalue weighted by Crippen LogP contribution is 2.63. The number of pyridine rings is 2. The van der Waals surface area contributed by atoms with Gasteiger partial charge in [-0.2, -0.15) is 0 Å². The van der Waals surface area contributed by atoms with Crippen molar-refractivity contribution >= 4 is 0 Å². The van der Waals surface area contributed by atoms with Crippen LogP contribution in [-0.2, 0) is 5.41 Å². The summed E-state index contributed by atoms with van der Waals surface area (Å²) in [5.74, 6) is 3.43. The molecule has 4 heterocycles. The van der Waals surface area contributed by atoms with Gasteiger partial charge in [0.1, 0.15) is 11.5 Å². The van der Waals surface area contributed by atoms with Gasteiger partial charge in [0.25, 0.3) is 0 Å². The van der Waals surface area contributed by atoms with Crippen molar-refractivity contribution < 1.29 is 18.3 Å². The molecule has 4 aromatic heterocycles. The summed E-state index contributed by atoms with van der Waals surface area (Å²) in [4.78, 5) is 10.0. The van der Waals surface area contributed by atoms with Crippen molar-refractivity contribution in [1.82, 2.24) is 30.4 Å². The third-order valence-electron chi connectivity index (χ3n) is 17.3. The summed E-state index contributed by atoms with van der Waals surface area (Å²) in [5, 5.41) is 17.7. The van der Waals surface area contributed by atoms with Crippen LogP contribution in [0.2, 0.25) is 0 Å². The maximum absolute atomic E-state index is 6.23. The van der Waals surface area contributed by atoms with Gasteiger partial charge >= 0.3 is 0 Å². The molecule has 85 heavy (non-hydrogen) atoms. The Morgan fingerprint density at radius 1 is 0.318 bits per heavy atom. The van der Waals surface area contributed by atoms with Crippen LogP contribution in [0, 0.1) is 0 Å². The van der Waals surface area contributed by atoms with Gasteiger partial charge in [0.05, 0.1) is 41.1 Å². The van der Waals surface area contributed by atoms with Gasteiger partial charge in [0, 0.05) is 34.6 Å². The maximum Gasteiger partial charge on any atom is 0.249 e. The Hall–Kier alpha value is -8.50. The van der Waals surface area contributed by atoms with Crippen molar-refractivity contribution in [1.29, 1.82) is 0 Å². The molecule has 0 saturated heterocycles. The monoisotopic (exact) mass is 1130 g/mol. The number of hydrogen-bond donors (Lipinski definition) is 0. The van der Waals surface area contributed by atoms with Crippen LogP contribution >= 0.6 is 0 Å². The predicted molar refractivity (Wildman–Crippen MR) is 341 cm³/mol. The molecular formula is C75H78N6O4. The highest BCUT2D eigenvalue weighted by molar-refractivity contribution is 5.96. The summed E-state index contributed by atoms with van der Waals surface area (Å²) in [5.41, 5.74) is 16.2. The molecule has 0 atom stereocenters. The quantitative estimate of drug-likeness (QED) is 0.0402. The Morgan fingerprint density at radius 2 is 0.647 bits per heavy atom. The maximum atomic E-state index is 6.23. The van der Waals surface area contributed by atoms with Gasteiger partial charge in [-0.25, -0.2) is 0 Å². The summed E-state index contributed by atoms with van der Waals surface area (Å²) in [7, 11) is 0. The molecule has 10 aromatic rings. The van der Waals surface area contributed by atoms with Crippen LogP contribution in [0.15, 0.2) is 179 Å². The summed E-state index contributed by atoms with van der Waals surface area (Å²) in [6.45, 7) is 5.99. The summed E-state index contributed by atoms with van der Waals surface area (Å²) < 4.78 is 24.6. The lowest BCUT2D eigenvalue weighted by Crippen LogP contribution is -2.26. The molecule has 432 valence electrons. The van der Waals surface area contributed by atoms with E-state index in [2.05, 4.69) is 119 Å². The molecule has 2 aliphatic rings. The van der Waals surface area contributed by atoms with E-state index in [1.807, 2.05) is 85.2 Å². The normalized spacial score (nSPS) is 12.5. The average Bonchev–Trinajstić information content (AvgIpc) is 1.86. The number of unbranched alkanes of at least 4 members (excludes halogenated alkanes) is 18. The van der Waals surface area contributed by atoms with E-state index < -0.39 is 5.41 Å². The molecular weight excluding hydrogens is 1050 g/mol. The second kappa shape index (κ2) is 27.5. The van der Waals surface area contributed by atoms with Gasteiger partial charge in [0.2, 0.25) is 23.6 Å². The number of rotatable bonds is 30. The van der Waals surface area contributed by atoms with Crippen molar-refractivity contribution in [2.24, 2.45) is 0 Å². The van der Waals surface area contributed by atoms with Crippen LogP contribution in [0.3, 0.4) is 0 Å². The van der Waals surface area contributed by atoms with Gasteiger partial charge in [-0.15, -0.1) is 20.4 Å². The number of fused-ring (bicyclic) bond motifs is 10. The number of aromatic nitrogens is 6. The van der Waals surface area contributed by atoms with Crippen molar-refractivity contribution in [3.05, 3.63) is 192 Å². The fourth-order valence-corrected chi connectivity index (χ4v) is 12.7. The van der Waals surface area contributed by atoms with Crippen LogP contribution in [0.4, 0.5) is 0 Å². The number of hydrogen-bond acceptors (Lipinski definition) is 10. The van der Waals surface area contributed by atoms with E-state index in [1.54, 1.807) is 0 Å². The largest absolute Gasteiger partial charge is 0.494 e. The molecule has 0 bridgehead atoms. The highest BCUT2D eigenvalue weighted by Gasteiger charge is 2.52. The standard InChI is InChI=1S/C75H78N6O4/c1-3-5-7-9-11-13-15-17-19-25-47-82-59-39-31-53(32-40-59)71-78-80-73(84-71)57-37-45-69(76-51-57)55-35-43-63-64-44-36-56(50-68(64)75(67(63)49-55)65-29-23-21-27-61(65)62-28-22-24-30-66(62)75)70-46-38-58(52-77-70)74-81-79-72(85-74)54-33-41-60(42-34-54)83-48-26-20-18-16-14-12-10-8-6-4-2/h21-24,27-46,49-52H,3-20,25-26,47-48H2,1-2H3. The molecule has 0 fully saturated rings. The second-order valence-electron chi connectivity index (χ2n) is 23.2. The summed E-state index contributed by atoms with van der Waals surface area (Å²) in [6.07, 6.45) is 29.7. The molecule has 2 aliphatic carbocycles. The van der Waals surface area contributed by atoms with Gasteiger partial charge in [0.15, 0.2) is 0 Å². The Bertz CT molecular complexity index is 3520. The summed E-state index contributed by atoms with van der Waals surface area (Å²) in [6, 6.07) is 55.3. The number of ether oxygens (including phenoxy) is 2. The van der Waals surface area contributed by atoms with Crippen molar-refractivity contribution in [3.63, 3.8) is 0 Å². The predicted octanol–water partition coefficient (Wildman–Crippen LogP) is 20.2. The second-order valence-corrected chi connectivity index (χ2v) is 23.2. The third kappa shape index (κ3) is 12.7. The zero-order chi connectivity index (χ0) is 57.6. The molecule has 0 aliphatic heterocycles. The van der Waals surface area contributed by atoms with Gasteiger partial charge in [-0.05, 0) is 142 Å². The topological polar surface area (TPSA) is 122 Å². The lowest BCUT2D eigenvalue weighted by atomic mass is 9.70. The zero-order valence-corrected chi connectivity index (χ0v) is 49.5. The lowest BCUT2D eigenvalue weighted by Gasteiger charge is -2.31. The van der Waals surface area contributed by atoms with Crippen LogP contribution < -0.4 is 9.47 Å². The van der Waals surface area contributed by atoms with E-state index in [0.717, 1.165) is 82.3 Å². The SMILES string of the molecule is CCCCCCCCCCCCOc1ccc(-c2nnc(-c3ccc(-c4ccc5c(c4)C4(c6ccccc6-c6ccccc64)c4cc(-c6ccc(-c7nnc(-c8ccc(OCCCCCCCCCCCC)cc8)o7)cn6)ccc4-5)nc3)o2)cc1. The van der Waals surface area contributed by atoms with Crippen LogP contribution in [0.25, 0.3) is 90.6 Å². The molecule has 0 N–H and O–H groups in total. The number of nitrogens with zero attached hydrogens (tertiary/aromatic N) is 6. The molecule has 12 rings (SSSR count). The van der Waals surface area contributed by atoms with E-state index >= 15 is 0 Å². The molecule has 10 nitrogen and oxygen atoms in total. The first-order chi connectivity index (χ1) is 42.1. The van der Waals surface area contributed by atoms with Gasteiger partial charge in [-0.3, -0.25) is 9.97 Å². The Morgan fingerprint density at radius 3 is 1.02 bits per heavy atom. The van der Waals surface area contributed by atoms with Crippen molar-refractivity contribution in [2.45, 2.75) is 148 Å². The van der Waals surface area contributed by atoms with E-state index in [0.29, 0.717) is 23.6 Å². The van der Waals surface area contributed by atoms with Crippen LogP contribution in [-0.4, -0.2) is 43.6 Å². The van der Waals surface area contributed by atoms with Gasteiger partial charge in [-0.1, -0.05) is 202 Å². The fraction of sp³-hybridized carbons (Fsp3) is 0.333. The zero-order valence-electron chi connectivity index (χ0n) is 49.5. The minimum atomic E-state index is -0.585. The molecule has 6 aromatic carbocycles. The first-order valence-corrected chi connectivity index (χ1v) is 31.6. The molecule has 10 heteroatoms. The van der Waals surface area contributed by atoms with E-state index in [1.165, 1.54) is 160 Å². The van der Waals surface area contributed by atoms with Crippen molar-refractivity contribution in [2.75, 3.05) is 13.2 Å². The smallest absolute Gasteiger partial charge is 0.249 e. The van der Waals surface area contributed by atoms with Crippen LogP contribution in [0.5, 0.6) is 11.5 Å². The van der Waals surface area contributed by atoms with Crippen molar-refractivity contribution in [3.8, 4) is 102 Å². The Kier molecular flexibility index (Phi) is 18.4. The van der Waals surface area contributed by atoms with Crippen LogP contribution in [0.1, 0.15) is 165 Å². The molecule has 0 amide bonds. The Balaban J connectivity index is 0.716.